The van der Waals surface area contributed by atoms with E-state index in [1.54, 1.807) is 0 Å². The van der Waals surface area contributed by atoms with Gasteiger partial charge in [-0.2, -0.15) is 0 Å². The molecule has 1 rings (SSSR count). The van der Waals surface area contributed by atoms with Gasteiger partial charge in [-0.25, -0.2) is 4.79 Å². The quantitative estimate of drug-likeness (QED) is 0.432. The summed E-state index contributed by atoms with van der Waals surface area (Å²) in [5.41, 5.74) is -0.179. The maximum Gasteiger partial charge on any atom is 0.338 e. The summed E-state index contributed by atoms with van der Waals surface area (Å²) in [5, 5.41) is 18.5. The Hall–Kier alpha value is -1.20. The second-order valence-corrected chi connectivity index (χ2v) is 4.36. The number of aliphatic hydroxyl groups excluding tert-OH is 1. The number of carbonyl (C=O) groups excluding carboxylic acids is 1. The van der Waals surface area contributed by atoms with Crippen LogP contribution >= 0.6 is 0 Å². The molecule has 3 atom stereocenters. The molecule has 0 bridgehead atoms. The fourth-order valence-electron chi connectivity index (χ4n) is 2.12. The van der Waals surface area contributed by atoms with Crippen molar-refractivity contribution in [3.63, 3.8) is 0 Å². The fraction of sp³-hybridized carbons (Fsp3) is 0.667. The monoisotopic (exact) mass is 242 g/mol. The molecule has 3 unspecified atom stereocenters. The van der Waals surface area contributed by atoms with Gasteiger partial charge in [-0.05, 0) is 32.1 Å². The lowest BCUT2D eigenvalue weighted by Gasteiger charge is -2.31. The average molecular weight is 242 g/mol. The Morgan fingerprint density at radius 1 is 1.35 bits per heavy atom. The Balaban J connectivity index is 2.77. The molecule has 17 heavy (non-hydrogen) atoms. The minimum Gasteiger partial charge on any atom is -0.478 e. The highest BCUT2D eigenvalue weighted by atomic mass is 16.5. The SMILES string of the molecule is COC1CC(/C=C(/C(C)=O)C(=O)O)CCC1O. The molecule has 0 amide bonds. The molecular weight excluding hydrogens is 224 g/mol. The number of carboxylic acids is 1. The Bertz CT molecular complexity index is 318. The van der Waals surface area contributed by atoms with Crippen molar-refractivity contribution in [1.29, 1.82) is 0 Å². The van der Waals surface area contributed by atoms with E-state index in [2.05, 4.69) is 0 Å². The molecule has 5 heteroatoms. The molecule has 0 aromatic rings. The van der Waals surface area contributed by atoms with E-state index in [9.17, 15) is 14.7 Å². The molecule has 0 spiro atoms. The van der Waals surface area contributed by atoms with Crippen LogP contribution in [0.2, 0.25) is 0 Å². The second kappa shape index (κ2) is 5.93. The van der Waals surface area contributed by atoms with E-state index in [-0.39, 0.29) is 17.6 Å². The van der Waals surface area contributed by atoms with E-state index in [1.165, 1.54) is 20.1 Å². The first-order valence-electron chi connectivity index (χ1n) is 5.62. The second-order valence-electron chi connectivity index (χ2n) is 4.36. The largest absolute Gasteiger partial charge is 0.478 e. The molecule has 1 aliphatic carbocycles. The third kappa shape index (κ3) is 3.64. The van der Waals surface area contributed by atoms with Crippen LogP contribution in [-0.4, -0.2) is 41.3 Å². The highest BCUT2D eigenvalue weighted by Gasteiger charge is 2.29. The molecule has 96 valence electrons. The number of ether oxygens (including phenoxy) is 1. The number of carboxylic acid groups (broad SMARTS) is 1. The van der Waals surface area contributed by atoms with Gasteiger partial charge in [0, 0.05) is 7.11 Å². The molecule has 1 saturated carbocycles. The summed E-state index contributed by atoms with van der Waals surface area (Å²) < 4.78 is 5.12. The molecule has 0 radical (unpaired) electrons. The van der Waals surface area contributed by atoms with Crippen molar-refractivity contribution in [1.82, 2.24) is 0 Å². The van der Waals surface area contributed by atoms with E-state index < -0.39 is 17.9 Å². The van der Waals surface area contributed by atoms with Crippen molar-refractivity contribution < 1.29 is 24.5 Å². The van der Waals surface area contributed by atoms with Gasteiger partial charge in [0.1, 0.15) is 0 Å². The normalized spacial score (nSPS) is 30.1. The topological polar surface area (TPSA) is 83.8 Å². The van der Waals surface area contributed by atoms with Crippen LogP contribution in [0.25, 0.3) is 0 Å². The summed E-state index contributed by atoms with van der Waals surface area (Å²) in [7, 11) is 1.52. The van der Waals surface area contributed by atoms with Gasteiger partial charge in [-0.1, -0.05) is 6.08 Å². The van der Waals surface area contributed by atoms with Gasteiger partial charge in [-0.15, -0.1) is 0 Å². The third-order valence-corrected chi connectivity index (χ3v) is 3.11. The number of hydrogen-bond donors (Lipinski definition) is 2. The van der Waals surface area contributed by atoms with Crippen molar-refractivity contribution in [2.24, 2.45) is 5.92 Å². The average Bonchev–Trinajstić information content (AvgIpc) is 2.26. The molecule has 2 N–H and O–H groups in total. The molecular formula is C12H18O5. The van der Waals surface area contributed by atoms with Crippen LogP contribution in [0, 0.1) is 5.92 Å². The highest BCUT2D eigenvalue weighted by molar-refractivity contribution is 6.15. The first-order valence-corrected chi connectivity index (χ1v) is 5.62. The van der Waals surface area contributed by atoms with Gasteiger partial charge in [0.25, 0.3) is 0 Å². The maximum absolute atomic E-state index is 11.1. The highest BCUT2D eigenvalue weighted by Crippen LogP contribution is 2.28. The zero-order chi connectivity index (χ0) is 13.0. The molecule has 1 fully saturated rings. The standard InChI is InChI=1S/C12H18O5/c1-7(13)9(12(15)16)5-8-3-4-10(14)11(6-8)17-2/h5,8,10-11,14H,3-4,6H2,1-2H3,(H,15,16)/b9-5-. The molecule has 0 saturated heterocycles. The summed E-state index contributed by atoms with van der Waals surface area (Å²) in [6, 6.07) is 0. The van der Waals surface area contributed by atoms with Crippen LogP contribution in [0.4, 0.5) is 0 Å². The summed E-state index contributed by atoms with van der Waals surface area (Å²) in [5.74, 6) is -1.67. The van der Waals surface area contributed by atoms with Crippen molar-refractivity contribution >= 4 is 11.8 Å². The summed E-state index contributed by atoms with van der Waals surface area (Å²) in [6.45, 7) is 1.24. The number of rotatable bonds is 4. The molecule has 0 aliphatic heterocycles. The van der Waals surface area contributed by atoms with E-state index in [0.29, 0.717) is 19.3 Å². The van der Waals surface area contributed by atoms with E-state index in [0.717, 1.165) is 0 Å². The van der Waals surface area contributed by atoms with E-state index >= 15 is 0 Å². The van der Waals surface area contributed by atoms with Crippen molar-refractivity contribution in [3.8, 4) is 0 Å². The minimum absolute atomic E-state index is 0.0293. The number of methoxy groups -OCH3 is 1. The Morgan fingerprint density at radius 3 is 2.47 bits per heavy atom. The van der Waals surface area contributed by atoms with Crippen LogP contribution in [0.5, 0.6) is 0 Å². The van der Waals surface area contributed by atoms with Gasteiger partial charge in [0.15, 0.2) is 5.78 Å². The van der Waals surface area contributed by atoms with E-state index in [4.69, 9.17) is 9.84 Å². The molecule has 0 aromatic heterocycles. The molecule has 0 aromatic carbocycles. The zero-order valence-corrected chi connectivity index (χ0v) is 10.0. The van der Waals surface area contributed by atoms with Crippen LogP contribution in [0.3, 0.4) is 0 Å². The predicted molar refractivity (Wildman–Crippen MR) is 60.5 cm³/mol. The van der Waals surface area contributed by atoms with Crippen LogP contribution < -0.4 is 0 Å². The van der Waals surface area contributed by atoms with Gasteiger partial charge in [0.05, 0.1) is 17.8 Å². The number of carbonyl (C=O) groups is 2. The third-order valence-electron chi connectivity index (χ3n) is 3.11. The Labute approximate surface area is 100 Å². The fourth-order valence-corrected chi connectivity index (χ4v) is 2.12. The van der Waals surface area contributed by atoms with E-state index in [1.807, 2.05) is 0 Å². The number of aliphatic hydroxyl groups is 1. The van der Waals surface area contributed by atoms with Crippen molar-refractivity contribution in [3.05, 3.63) is 11.6 Å². The van der Waals surface area contributed by atoms with Gasteiger partial charge in [-0.3, -0.25) is 4.79 Å². The zero-order valence-electron chi connectivity index (χ0n) is 10.0. The number of aliphatic carboxylic acids is 1. The molecule has 5 nitrogen and oxygen atoms in total. The van der Waals surface area contributed by atoms with Crippen LogP contribution in [0.1, 0.15) is 26.2 Å². The molecule has 1 aliphatic rings. The Morgan fingerprint density at radius 2 is 2.00 bits per heavy atom. The Kier molecular flexibility index (Phi) is 4.84. The maximum atomic E-state index is 11.1. The van der Waals surface area contributed by atoms with Crippen molar-refractivity contribution in [2.45, 2.75) is 38.4 Å². The number of hydrogen-bond acceptors (Lipinski definition) is 4. The lowest BCUT2D eigenvalue weighted by molar-refractivity contribution is -0.134. The van der Waals surface area contributed by atoms with Crippen LogP contribution in [-0.2, 0) is 14.3 Å². The van der Waals surface area contributed by atoms with Crippen LogP contribution in [0.15, 0.2) is 11.6 Å². The number of ketones is 1. The minimum atomic E-state index is -1.20. The summed E-state index contributed by atoms with van der Waals surface area (Å²) in [6.07, 6.45) is 2.47. The van der Waals surface area contributed by atoms with Crippen molar-refractivity contribution in [2.75, 3.05) is 7.11 Å². The predicted octanol–water partition coefficient (Wildman–Crippen LogP) is 0.762. The number of allylic oxidation sites excluding steroid dienone is 1. The molecule has 0 heterocycles. The first kappa shape index (κ1) is 13.9. The summed E-state index contributed by atoms with van der Waals surface area (Å²) in [4.78, 5) is 22.0. The lowest BCUT2D eigenvalue weighted by atomic mass is 9.84. The van der Waals surface area contributed by atoms with Gasteiger partial charge < -0.3 is 14.9 Å². The lowest BCUT2D eigenvalue weighted by Crippen LogP contribution is -2.35. The summed E-state index contributed by atoms with van der Waals surface area (Å²) >= 11 is 0. The smallest absolute Gasteiger partial charge is 0.338 e. The van der Waals surface area contributed by atoms with Gasteiger partial charge >= 0.3 is 5.97 Å². The first-order chi connectivity index (χ1) is 7.95. The number of Topliss-reactive ketones (excluding diaryl/α,β-unsaturated/α-hetero) is 1. The van der Waals surface area contributed by atoms with Gasteiger partial charge in [0.2, 0.25) is 0 Å².